The maximum atomic E-state index is 14.1. The minimum Gasteiger partial charge on any atom is -0.390 e. The number of anilines is 2. The number of fused-ring (bicyclic) bond motifs is 1. The Kier molecular flexibility index (Phi) is 5.14. The molecule has 0 radical (unpaired) electrons. The minimum absolute atomic E-state index is 0.125. The Morgan fingerprint density at radius 3 is 2.42 bits per heavy atom. The highest BCUT2D eigenvalue weighted by Crippen LogP contribution is 2.56. The predicted molar refractivity (Wildman–Crippen MR) is 128 cm³/mol. The number of imidazole rings is 1. The van der Waals surface area contributed by atoms with Gasteiger partial charge in [-0.15, -0.1) is 0 Å². The lowest BCUT2D eigenvalue weighted by atomic mass is 9.52. The van der Waals surface area contributed by atoms with Gasteiger partial charge in [-0.2, -0.15) is 15.0 Å². The Morgan fingerprint density at radius 1 is 0.972 bits per heavy atom. The van der Waals surface area contributed by atoms with Crippen LogP contribution in [0.2, 0.25) is 0 Å². The first kappa shape index (κ1) is 22.3. The largest absolute Gasteiger partial charge is 0.390 e. The summed E-state index contributed by atoms with van der Waals surface area (Å²) in [4.78, 5) is 20.2. The highest BCUT2D eigenvalue weighted by atomic mass is 19.3. The molecular formula is C25H29F2N7O2. The lowest BCUT2D eigenvalue weighted by molar-refractivity contribution is -0.129. The van der Waals surface area contributed by atoms with Gasteiger partial charge in [-0.1, -0.05) is 12.1 Å². The maximum Gasteiger partial charge on any atom is 0.296 e. The van der Waals surface area contributed by atoms with Crippen molar-refractivity contribution in [1.29, 1.82) is 0 Å². The Labute approximate surface area is 206 Å². The summed E-state index contributed by atoms with van der Waals surface area (Å²) in [5.74, 6) is 1.82. The number of ether oxygens (including phenoxy) is 1. The van der Waals surface area contributed by atoms with Gasteiger partial charge in [0.2, 0.25) is 17.8 Å². The van der Waals surface area contributed by atoms with Crippen LogP contribution in [0.25, 0.3) is 17.0 Å². The number of benzene rings is 1. The molecule has 9 nitrogen and oxygen atoms in total. The Balaban J connectivity index is 1.31. The first-order chi connectivity index (χ1) is 17.5. The number of morpholine rings is 1. The number of hydrogen-bond acceptors (Lipinski definition) is 8. The fourth-order valence-electron chi connectivity index (χ4n) is 7.19. The van der Waals surface area contributed by atoms with E-state index in [9.17, 15) is 13.9 Å². The topological polar surface area (TPSA) is 101 Å². The van der Waals surface area contributed by atoms with Gasteiger partial charge in [0.15, 0.2) is 5.82 Å². The first-order valence-corrected chi connectivity index (χ1v) is 12.8. The molecular weight excluding hydrogens is 468 g/mol. The molecule has 4 aliphatic carbocycles. The van der Waals surface area contributed by atoms with Crippen LogP contribution < -0.4 is 10.2 Å². The number of nitrogens with one attached hydrogen (secondary N) is 1. The minimum atomic E-state index is -2.79. The van der Waals surface area contributed by atoms with E-state index in [1.54, 1.807) is 24.3 Å². The van der Waals surface area contributed by atoms with Crippen molar-refractivity contribution < 1.29 is 18.6 Å². The molecule has 2 aromatic heterocycles. The Morgan fingerprint density at radius 2 is 1.69 bits per heavy atom. The second-order valence-electron chi connectivity index (χ2n) is 10.8. The quantitative estimate of drug-likeness (QED) is 0.554. The van der Waals surface area contributed by atoms with E-state index >= 15 is 0 Å². The second kappa shape index (κ2) is 8.31. The summed E-state index contributed by atoms with van der Waals surface area (Å²) < 4.78 is 35.0. The molecule has 8 rings (SSSR count). The maximum absolute atomic E-state index is 14.1. The van der Waals surface area contributed by atoms with E-state index in [0.717, 1.165) is 32.1 Å². The SMILES string of the molecule is O[C@]12CC3C[C@H](C1)[C@H](Nc1nc(N4CCOCC4)nc(-n4c(C(F)F)nc5ccccc54)n1)[C@@H](C3)C2. The lowest BCUT2D eigenvalue weighted by Gasteiger charge is -2.58. The van der Waals surface area contributed by atoms with Crippen LogP contribution in [0.5, 0.6) is 0 Å². The number of alkyl halides is 2. The molecule has 1 unspecified atom stereocenters. The van der Waals surface area contributed by atoms with E-state index in [0.29, 0.717) is 67.0 Å². The van der Waals surface area contributed by atoms with E-state index in [2.05, 4.69) is 20.3 Å². The van der Waals surface area contributed by atoms with Crippen LogP contribution in [0.3, 0.4) is 0 Å². The summed E-state index contributed by atoms with van der Waals surface area (Å²) in [5, 5.41) is 14.6. The number of para-hydroxylation sites is 2. The van der Waals surface area contributed by atoms with Crippen molar-refractivity contribution in [2.24, 2.45) is 17.8 Å². The van der Waals surface area contributed by atoms with Gasteiger partial charge in [0, 0.05) is 19.1 Å². The zero-order valence-electron chi connectivity index (χ0n) is 19.9. The highest BCUT2D eigenvalue weighted by Gasteiger charge is 2.54. The normalized spacial score (nSPS) is 31.5. The third-order valence-corrected chi connectivity index (χ3v) is 8.42. The van der Waals surface area contributed by atoms with Crippen LogP contribution >= 0.6 is 0 Å². The van der Waals surface area contributed by atoms with Gasteiger partial charge >= 0.3 is 0 Å². The molecule has 0 spiro atoms. The van der Waals surface area contributed by atoms with Crippen LogP contribution in [0, 0.1) is 17.8 Å². The summed E-state index contributed by atoms with van der Waals surface area (Å²) in [6, 6.07) is 7.16. The molecule has 36 heavy (non-hydrogen) atoms. The number of halogens is 2. The van der Waals surface area contributed by atoms with E-state index in [4.69, 9.17) is 9.72 Å². The van der Waals surface area contributed by atoms with Crippen LogP contribution in [-0.2, 0) is 4.74 Å². The molecule has 5 atom stereocenters. The zero-order valence-corrected chi connectivity index (χ0v) is 19.9. The van der Waals surface area contributed by atoms with E-state index in [-0.39, 0.29) is 12.0 Å². The first-order valence-electron chi connectivity index (χ1n) is 12.8. The average Bonchev–Trinajstić information content (AvgIpc) is 3.26. The third-order valence-electron chi connectivity index (χ3n) is 8.42. The van der Waals surface area contributed by atoms with E-state index in [1.165, 1.54) is 4.57 Å². The van der Waals surface area contributed by atoms with Gasteiger partial charge in [0.1, 0.15) is 0 Å². The fraction of sp³-hybridized carbons (Fsp3) is 0.600. The number of nitrogens with zero attached hydrogens (tertiary/aromatic N) is 6. The fourth-order valence-corrected chi connectivity index (χ4v) is 7.19. The Hall–Kier alpha value is -2.92. The van der Waals surface area contributed by atoms with Gasteiger partial charge < -0.3 is 20.1 Å². The van der Waals surface area contributed by atoms with Gasteiger partial charge in [0.05, 0.1) is 29.8 Å². The predicted octanol–water partition coefficient (Wildman–Crippen LogP) is 3.34. The summed E-state index contributed by atoms with van der Waals surface area (Å²) in [6.45, 7) is 2.32. The molecule has 4 bridgehead atoms. The van der Waals surface area contributed by atoms with Crippen LogP contribution in [0.15, 0.2) is 24.3 Å². The van der Waals surface area contributed by atoms with Crippen LogP contribution in [0.1, 0.15) is 44.4 Å². The standard InChI is InChI=1S/C25H29F2N7O2/c26-20(27)21-28-17-3-1-2-4-18(17)34(21)24-31-22(30-23(32-24)33-5-7-36-8-6-33)29-19-15-9-14-10-16(19)13-25(35,11-14)12-15/h1-4,14-16,19-20,35H,5-13H2,(H,29,30,31,32)/t14?,15-,16+,19+,25-. The molecule has 1 aromatic carbocycles. The molecule has 3 heterocycles. The van der Waals surface area contributed by atoms with Crippen molar-refractivity contribution in [2.45, 2.75) is 50.2 Å². The van der Waals surface area contributed by atoms with Crippen molar-refractivity contribution in [2.75, 3.05) is 36.5 Å². The summed E-state index contributed by atoms with van der Waals surface area (Å²) in [5.41, 5.74) is 0.444. The van der Waals surface area contributed by atoms with Gasteiger partial charge in [-0.05, 0) is 62.0 Å². The zero-order chi connectivity index (χ0) is 24.4. The number of hydrogen-bond donors (Lipinski definition) is 2. The van der Waals surface area contributed by atoms with Gasteiger partial charge in [0.25, 0.3) is 6.43 Å². The molecule has 190 valence electrons. The van der Waals surface area contributed by atoms with E-state index in [1.807, 2.05) is 4.90 Å². The van der Waals surface area contributed by atoms with Crippen molar-refractivity contribution in [3.63, 3.8) is 0 Å². The molecule has 1 aliphatic heterocycles. The van der Waals surface area contributed by atoms with Crippen molar-refractivity contribution >= 4 is 22.9 Å². The average molecular weight is 498 g/mol. The highest BCUT2D eigenvalue weighted by molar-refractivity contribution is 5.77. The van der Waals surface area contributed by atoms with Crippen LogP contribution in [-0.4, -0.2) is 67.6 Å². The molecule has 1 saturated heterocycles. The van der Waals surface area contributed by atoms with Crippen molar-refractivity contribution in [3.05, 3.63) is 30.1 Å². The van der Waals surface area contributed by atoms with Crippen molar-refractivity contribution in [3.8, 4) is 5.95 Å². The van der Waals surface area contributed by atoms with Crippen molar-refractivity contribution in [1.82, 2.24) is 24.5 Å². The molecule has 11 heteroatoms. The molecule has 5 fully saturated rings. The molecule has 5 aliphatic rings. The van der Waals surface area contributed by atoms with Gasteiger partial charge in [-0.3, -0.25) is 4.57 Å². The Bertz CT molecular complexity index is 1280. The summed E-state index contributed by atoms with van der Waals surface area (Å²) in [6.07, 6.45) is 1.87. The van der Waals surface area contributed by atoms with Crippen LogP contribution in [0.4, 0.5) is 20.7 Å². The summed E-state index contributed by atoms with van der Waals surface area (Å²) in [7, 11) is 0. The monoisotopic (exact) mass is 497 g/mol. The number of aliphatic hydroxyl groups is 1. The number of rotatable bonds is 5. The smallest absolute Gasteiger partial charge is 0.296 e. The molecule has 4 saturated carbocycles. The van der Waals surface area contributed by atoms with Gasteiger partial charge in [-0.25, -0.2) is 13.8 Å². The lowest BCUT2D eigenvalue weighted by Crippen LogP contribution is -2.59. The summed E-state index contributed by atoms with van der Waals surface area (Å²) >= 11 is 0. The number of aromatic nitrogens is 5. The molecule has 0 amide bonds. The van der Waals surface area contributed by atoms with E-state index < -0.39 is 17.9 Å². The molecule has 2 N–H and O–H groups in total. The second-order valence-corrected chi connectivity index (χ2v) is 10.8. The third kappa shape index (κ3) is 3.71. The molecule has 3 aromatic rings.